The molecule has 102 valence electrons. The van der Waals surface area contributed by atoms with E-state index in [4.69, 9.17) is 17.3 Å². The lowest BCUT2D eigenvalue weighted by Crippen LogP contribution is -2.40. The molecule has 0 amide bonds. The van der Waals surface area contributed by atoms with Crippen LogP contribution in [0.3, 0.4) is 0 Å². The van der Waals surface area contributed by atoms with Gasteiger partial charge in [-0.3, -0.25) is 0 Å². The average Bonchev–Trinajstić information content (AvgIpc) is 2.29. The van der Waals surface area contributed by atoms with Crippen LogP contribution in [0.2, 0.25) is 5.02 Å². The Morgan fingerprint density at radius 2 is 1.94 bits per heavy atom. The van der Waals surface area contributed by atoms with Gasteiger partial charge in [-0.15, -0.1) is 0 Å². The van der Waals surface area contributed by atoms with Crippen LogP contribution in [0.5, 0.6) is 0 Å². The van der Waals surface area contributed by atoms with E-state index in [1.807, 2.05) is 12.1 Å². The van der Waals surface area contributed by atoms with E-state index in [2.05, 4.69) is 45.7 Å². The molecule has 1 atom stereocenters. The quantitative estimate of drug-likeness (QED) is 0.902. The number of hydrogen-bond acceptors (Lipinski definition) is 2. The van der Waals surface area contributed by atoms with Crippen molar-refractivity contribution >= 4 is 17.3 Å². The van der Waals surface area contributed by atoms with Crippen LogP contribution in [0, 0.1) is 5.41 Å². The summed E-state index contributed by atoms with van der Waals surface area (Å²) in [7, 11) is 2.13. The molecule has 18 heavy (non-hydrogen) atoms. The molecular weight excluding hydrogens is 244 g/mol. The van der Waals surface area contributed by atoms with Crippen molar-refractivity contribution < 1.29 is 0 Å². The summed E-state index contributed by atoms with van der Waals surface area (Å²) >= 11 is 6.29. The average molecular weight is 269 g/mol. The fourth-order valence-electron chi connectivity index (χ4n) is 2.06. The third kappa shape index (κ3) is 3.39. The number of nitrogens with two attached hydrogens (primary N) is 1. The Kier molecular flexibility index (Phi) is 5.06. The van der Waals surface area contributed by atoms with Crippen LogP contribution in [0.4, 0.5) is 5.69 Å². The highest BCUT2D eigenvalue weighted by Gasteiger charge is 2.25. The molecule has 0 radical (unpaired) electrons. The number of rotatable bonds is 4. The van der Waals surface area contributed by atoms with Crippen molar-refractivity contribution in [1.82, 2.24) is 0 Å². The molecule has 1 aromatic rings. The first kappa shape index (κ1) is 15.3. The number of nitrogens with zero attached hydrogens (tertiary/aromatic N) is 1. The molecule has 0 aromatic heterocycles. The van der Waals surface area contributed by atoms with Gasteiger partial charge in [-0.05, 0) is 43.0 Å². The molecule has 3 heteroatoms. The van der Waals surface area contributed by atoms with Crippen LogP contribution in [-0.2, 0) is 6.42 Å². The van der Waals surface area contributed by atoms with E-state index in [9.17, 15) is 0 Å². The van der Waals surface area contributed by atoms with Gasteiger partial charge in [0.05, 0.1) is 0 Å². The highest BCUT2D eigenvalue weighted by atomic mass is 35.5. The normalized spacial score (nSPS) is 13.5. The van der Waals surface area contributed by atoms with Gasteiger partial charge in [0.2, 0.25) is 0 Å². The van der Waals surface area contributed by atoms with Crippen molar-refractivity contribution in [3.8, 4) is 0 Å². The van der Waals surface area contributed by atoms with Crippen LogP contribution in [0.1, 0.15) is 33.3 Å². The maximum atomic E-state index is 6.29. The Balaban J connectivity index is 3.12. The number of halogens is 1. The maximum absolute atomic E-state index is 6.29. The van der Waals surface area contributed by atoms with E-state index in [-0.39, 0.29) is 5.41 Å². The highest BCUT2D eigenvalue weighted by Crippen LogP contribution is 2.32. The van der Waals surface area contributed by atoms with Gasteiger partial charge in [0.1, 0.15) is 0 Å². The highest BCUT2D eigenvalue weighted by molar-refractivity contribution is 6.31. The minimum atomic E-state index is 0.219. The molecule has 1 aromatic carbocycles. The second kappa shape index (κ2) is 5.94. The SMILES string of the molecule is CC(N(C)c1cccc(Cl)c1CCN)C(C)(C)C. The van der Waals surface area contributed by atoms with Crippen LogP contribution >= 0.6 is 11.6 Å². The smallest absolute Gasteiger partial charge is 0.0459 e. The molecule has 2 nitrogen and oxygen atoms in total. The molecule has 0 fully saturated rings. The Bertz CT molecular complexity index is 396. The summed E-state index contributed by atoms with van der Waals surface area (Å²) in [6, 6.07) is 6.49. The lowest BCUT2D eigenvalue weighted by molar-refractivity contribution is 0.329. The Labute approximate surface area is 116 Å². The maximum Gasteiger partial charge on any atom is 0.0459 e. The predicted octanol–water partition coefficient (Wildman–Crippen LogP) is 3.71. The minimum Gasteiger partial charge on any atom is -0.371 e. The zero-order chi connectivity index (χ0) is 13.9. The summed E-state index contributed by atoms with van der Waals surface area (Å²) in [5.41, 5.74) is 8.25. The number of benzene rings is 1. The molecule has 0 saturated carbocycles. The van der Waals surface area contributed by atoms with Gasteiger partial charge < -0.3 is 10.6 Å². The van der Waals surface area contributed by atoms with Gasteiger partial charge in [0.15, 0.2) is 0 Å². The Hall–Kier alpha value is -0.730. The first-order valence-electron chi connectivity index (χ1n) is 6.49. The second-order valence-corrected chi connectivity index (χ2v) is 6.34. The molecule has 0 heterocycles. The molecule has 1 rings (SSSR count). The lowest BCUT2D eigenvalue weighted by atomic mass is 9.86. The zero-order valence-electron chi connectivity index (χ0n) is 12.1. The van der Waals surface area contributed by atoms with Gasteiger partial charge in [-0.25, -0.2) is 0 Å². The summed E-state index contributed by atoms with van der Waals surface area (Å²) in [6.07, 6.45) is 0.816. The van der Waals surface area contributed by atoms with Crippen LogP contribution in [0.15, 0.2) is 18.2 Å². The summed E-state index contributed by atoms with van der Waals surface area (Å²) in [5.74, 6) is 0. The van der Waals surface area contributed by atoms with E-state index < -0.39 is 0 Å². The molecular formula is C15H25ClN2. The summed E-state index contributed by atoms with van der Waals surface area (Å²) in [6.45, 7) is 9.62. The third-order valence-electron chi connectivity index (χ3n) is 3.70. The monoisotopic (exact) mass is 268 g/mol. The minimum absolute atomic E-state index is 0.219. The largest absolute Gasteiger partial charge is 0.371 e. The van der Waals surface area contributed by atoms with Crippen molar-refractivity contribution in [2.24, 2.45) is 11.1 Å². The molecule has 0 aliphatic rings. The second-order valence-electron chi connectivity index (χ2n) is 5.93. The Morgan fingerprint density at radius 3 is 2.44 bits per heavy atom. The molecule has 1 unspecified atom stereocenters. The Morgan fingerprint density at radius 1 is 1.33 bits per heavy atom. The van der Waals surface area contributed by atoms with Gasteiger partial charge in [0, 0.05) is 23.8 Å². The first-order chi connectivity index (χ1) is 8.29. The van der Waals surface area contributed by atoms with E-state index in [0.29, 0.717) is 12.6 Å². The molecule has 0 spiro atoms. The van der Waals surface area contributed by atoms with Gasteiger partial charge >= 0.3 is 0 Å². The van der Waals surface area contributed by atoms with Crippen LogP contribution < -0.4 is 10.6 Å². The van der Waals surface area contributed by atoms with Crippen molar-refractivity contribution in [1.29, 1.82) is 0 Å². The molecule has 0 bridgehead atoms. The summed E-state index contributed by atoms with van der Waals surface area (Å²) in [4.78, 5) is 2.30. The van der Waals surface area contributed by atoms with E-state index >= 15 is 0 Å². The van der Waals surface area contributed by atoms with Crippen LogP contribution in [-0.4, -0.2) is 19.6 Å². The van der Waals surface area contributed by atoms with Crippen LogP contribution in [0.25, 0.3) is 0 Å². The number of anilines is 1. The molecule has 0 saturated heterocycles. The zero-order valence-corrected chi connectivity index (χ0v) is 12.9. The predicted molar refractivity (Wildman–Crippen MR) is 81.5 cm³/mol. The number of hydrogen-bond donors (Lipinski definition) is 1. The van der Waals surface area contributed by atoms with Gasteiger partial charge in [-0.2, -0.15) is 0 Å². The summed E-state index contributed by atoms with van der Waals surface area (Å²) in [5, 5.41) is 0.811. The van der Waals surface area contributed by atoms with E-state index in [1.54, 1.807) is 0 Å². The fraction of sp³-hybridized carbons (Fsp3) is 0.600. The molecule has 2 N–H and O–H groups in total. The molecule has 0 aliphatic heterocycles. The van der Waals surface area contributed by atoms with Crippen molar-refractivity contribution in [2.75, 3.05) is 18.5 Å². The van der Waals surface area contributed by atoms with Gasteiger partial charge in [-0.1, -0.05) is 38.4 Å². The van der Waals surface area contributed by atoms with E-state index in [0.717, 1.165) is 17.0 Å². The van der Waals surface area contributed by atoms with Crippen molar-refractivity contribution in [3.05, 3.63) is 28.8 Å². The standard InChI is InChI=1S/C15H25ClN2/c1-11(15(2,3)4)18(5)14-8-6-7-13(16)12(14)9-10-17/h6-8,11H,9-10,17H2,1-5H3. The van der Waals surface area contributed by atoms with Crippen molar-refractivity contribution in [2.45, 2.75) is 40.2 Å². The summed E-state index contributed by atoms with van der Waals surface area (Å²) < 4.78 is 0. The fourth-order valence-corrected chi connectivity index (χ4v) is 2.32. The van der Waals surface area contributed by atoms with Crippen molar-refractivity contribution in [3.63, 3.8) is 0 Å². The third-order valence-corrected chi connectivity index (χ3v) is 4.06. The molecule has 0 aliphatic carbocycles. The topological polar surface area (TPSA) is 29.3 Å². The lowest BCUT2D eigenvalue weighted by Gasteiger charge is -2.38. The first-order valence-corrected chi connectivity index (χ1v) is 6.87. The van der Waals surface area contributed by atoms with E-state index in [1.165, 1.54) is 5.69 Å². The van der Waals surface area contributed by atoms with Gasteiger partial charge in [0.25, 0.3) is 0 Å².